The van der Waals surface area contributed by atoms with E-state index in [9.17, 15) is 9.59 Å². The van der Waals surface area contributed by atoms with Crippen molar-refractivity contribution in [2.75, 3.05) is 5.32 Å². The van der Waals surface area contributed by atoms with Crippen molar-refractivity contribution >= 4 is 17.7 Å². The Balaban J connectivity index is 1.92. The van der Waals surface area contributed by atoms with Crippen LogP contribution in [0.1, 0.15) is 25.0 Å². The smallest absolute Gasteiger partial charge is 0.329 e. The van der Waals surface area contributed by atoms with E-state index in [0.717, 1.165) is 11.1 Å². The number of nitrogens with one attached hydrogen (secondary N) is 2. The SMILES string of the molecule is Cc1cccc(COC(=O)[C@H](NC(=O)Nc2ccccc2)C(C)C)c1. The van der Waals surface area contributed by atoms with Crippen molar-refractivity contribution in [2.45, 2.75) is 33.4 Å². The van der Waals surface area contributed by atoms with Gasteiger partial charge in [0.1, 0.15) is 12.6 Å². The van der Waals surface area contributed by atoms with Crippen LogP contribution in [-0.2, 0) is 16.1 Å². The molecule has 0 aromatic heterocycles. The summed E-state index contributed by atoms with van der Waals surface area (Å²) in [5, 5.41) is 5.39. The molecule has 0 aliphatic carbocycles. The van der Waals surface area contributed by atoms with Gasteiger partial charge >= 0.3 is 12.0 Å². The molecule has 0 saturated carbocycles. The first kappa shape index (κ1) is 18.5. The first-order valence-electron chi connectivity index (χ1n) is 8.30. The summed E-state index contributed by atoms with van der Waals surface area (Å²) >= 11 is 0. The van der Waals surface area contributed by atoms with Crippen LogP contribution in [0.3, 0.4) is 0 Å². The van der Waals surface area contributed by atoms with Gasteiger partial charge in [0.15, 0.2) is 0 Å². The lowest BCUT2D eigenvalue weighted by molar-refractivity contribution is -0.148. The second-order valence-corrected chi connectivity index (χ2v) is 6.28. The Morgan fingerprint density at radius 1 is 1.04 bits per heavy atom. The van der Waals surface area contributed by atoms with E-state index in [0.29, 0.717) is 5.69 Å². The number of carbonyl (C=O) groups excluding carboxylic acids is 2. The highest BCUT2D eigenvalue weighted by molar-refractivity contribution is 5.92. The molecular formula is C20H24N2O3. The number of benzene rings is 2. The highest BCUT2D eigenvalue weighted by atomic mass is 16.5. The molecule has 0 aliphatic heterocycles. The first-order valence-corrected chi connectivity index (χ1v) is 8.30. The van der Waals surface area contributed by atoms with Crippen molar-refractivity contribution in [1.82, 2.24) is 5.32 Å². The monoisotopic (exact) mass is 340 g/mol. The minimum atomic E-state index is -0.714. The topological polar surface area (TPSA) is 67.4 Å². The van der Waals surface area contributed by atoms with Crippen LogP contribution < -0.4 is 10.6 Å². The van der Waals surface area contributed by atoms with Crippen molar-refractivity contribution in [2.24, 2.45) is 5.92 Å². The number of esters is 1. The minimum absolute atomic E-state index is 0.0912. The van der Waals surface area contributed by atoms with Gasteiger partial charge < -0.3 is 15.4 Å². The van der Waals surface area contributed by atoms with Crippen molar-refractivity contribution < 1.29 is 14.3 Å². The van der Waals surface area contributed by atoms with Gasteiger partial charge in [0.25, 0.3) is 0 Å². The van der Waals surface area contributed by atoms with E-state index in [2.05, 4.69) is 10.6 Å². The Hall–Kier alpha value is -2.82. The summed E-state index contributed by atoms with van der Waals surface area (Å²) in [6.45, 7) is 5.90. The van der Waals surface area contributed by atoms with Crippen LogP contribution in [0.5, 0.6) is 0 Å². The average Bonchev–Trinajstić information content (AvgIpc) is 2.58. The molecule has 0 aliphatic rings. The fourth-order valence-corrected chi connectivity index (χ4v) is 2.37. The Labute approximate surface area is 148 Å². The van der Waals surface area contributed by atoms with Crippen LogP contribution in [0.25, 0.3) is 0 Å². The summed E-state index contributed by atoms with van der Waals surface area (Å²) in [7, 11) is 0. The molecule has 0 unspecified atom stereocenters. The third-order valence-corrected chi connectivity index (χ3v) is 3.70. The van der Waals surface area contributed by atoms with Gasteiger partial charge in [0, 0.05) is 5.69 Å². The molecule has 0 saturated heterocycles. The summed E-state index contributed by atoms with van der Waals surface area (Å²) in [5.74, 6) is -0.536. The second-order valence-electron chi connectivity index (χ2n) is 6.28. The van der Waals surface area contributed by atoms with Gasteiger partial charge in [0.2, 0.25) is 0 Å². The maximum atomic E-state index is 12.4. The maximum Gasteiger partial charge on any atom is 0.329 e. The highest BCUT2D eigenvalue weighted by Crippen LogP contribution is 2.10. The predicted molar refractivity (Wildman–Crippen MR) is 98.2 cm³/mol. The van der Waals surface area contributed by atoms with Gasteiger partial charge in [0.05, 0.1) is 0 Å². The largest absolute Gasteiger partial charge is 0.459 e. The summed E-state index contributed by atoms with van der Waals surface area (Å²) in [4.78, 5) is 24.5. The molecule has 2 N–H and O–H groups in total. The number of urea groups is 1. The number of aryl methyl sites for hydroxylation is 1. The molecule has 5 nitrogen and oxygen atoms in total. The number of para-hydroxylation sites is 1. The van der Waals surface area contributed by atoms with Crippen molar-refractivity contribution in [1.29, 1.82) is 0 Å². The Morgan fingerprint density at radius 3 is 2.40 bits per heavy atom. The lowest BCUT2D eigenvalue weighted by Crippen LogP contribution is -2.47. The fraction of sp³-hybridized carbons (Fsp3) is 0.300. The van der Waals surface area contributed by atoms with Crippen LogP contribution in [-0.4, -0.2) is 18.0 Å². The van der Waals surface area contributed by atoms with Gasteiger partial charge in [-0.2, -0.15) is 0 Å². The minimum Gasteiger partial charge on any atom is -0.459 e. The third-order valence-electron chi connectivity index (χ3n) is 3.70. The summed E-state index contributed by atoms with van der Waals surface area (Å²) in [5.41, 5.74) is 2.69. The molecule has 0 spiro atoms. The van der Waals surface area contributed by atoms with E-state index >= 15 is 0 Å². The van der Waals surface area contributed by atoms with Gasteiger partial charge in [-0.1, -0.05) is 61.9 Å². The van der Waals surface area contributed by atoms with E-state index in [1.54, 1.807) is 12.1 Å². The zero-order chi connectivity index (χ0) is 18.2. The van der Waals surface area contributed by atoms with Crippen molar-refractivity contribution in [3.05, 3.63) is 65.7 Å². The Bertz CT molecular complexity index is 714. The molecule has 2 aromatic carbocycles. The molecule has 0 fully saturated rings. The highest BCUT2D eigenvalue weighted by Gasteiger charge is 2.25. The van der Waals surface area contributed by atoms with E-state index in [1.807, 2.05) is 63.2 Å². The normalized spacial score (nSPS) is 11.7. The van der Waals surface area contributed by atoms with Crippen molar-refractivity contribution in [3.8, 4) is 0 Å². The number of hydrogen-bond donors (Lipinski definition) is 2. The molecule has 2 rings (SSSR count). The number of carbonyl (C=O) groups is 2. The summed E-state index contributed by atoms with van der Waals surface area (Å²) < 4.78 is 5.38. The predicted octanol–water partition coefficient (Wildman–Crippen LogP) is 3.88. The summed E-state index contributed by atoms with van der Waals surface area (Å²) in [6.07, 6.45) is 0. The van der Waals surface area contributed by atoms with Crippen molar-refractivity contribution in [3.63, 3.8) is 0 Å². The molecule has 5 heteroatoms. The maximum absolute atomic E-state index is 12.4. The molecule has 0 radical (unpaired) electrons. The van der Waals surface area contributed by atoms with E-state index in [1.165, 1.54) is 0 Å². The number of amides is 2. The van der Waals surface area contributed by atoms with E-state index < -0.39 is 18.0 Å². The standard InChI is InChI=1S/C20H24N2O3/c1-14(2)18(22-20(24)21-17-10-5-4-6-11-17)19(23)25-13-16-9-7-8-15(3)12-16/h4-12,14,18H,13H2,1-3H3,(H2,21,22,24)/t18-/m1/s1. The number of ether oxygens (including phenoxy) is 1. The van der Waals surface area contributed by atoms with Gasteiger partial charge in [-0.25, -0.2) is 9.59 Å². The van der Waals surface area contributed by atoms with Gasteiger partial charge in [-0.3, -0.25) is 0 Å². The molecule has 2 amide bonds. The molecule has 0 bridgehead atoms. The number of rotatable bonds is 6. The molecule has 0 heterocycles. The second kappa shape index (κ2) is 8.87. The fourth-order valence-electron chi connectivity index (χ4n) is 2.37. The molecule has 132 valence electrons. The van der Waals surface area contributed by atoms with Gasteiger partial charge in [-0.05, 0) is 30.5 Å². The molecule has 25 heavy (non-hydrogen) atoms. The van der Waals surface area contributed by atoms with E-state index in [-0.39, 0.29) is 12.5 Å². The van der Waals surface area contributed by atoms with E-state index in [4.69, 9.17) is 4.74 Å². The average molecular weight is 340 g/mol. The van der Waals surface area contributed by atoms with Crippen LogP contribution in [0.4, 0.5) is 10.5 Å². The Kier molecular flexibility index (Phi) is 6.57. The van der Waals surface area contributed by atoms with Gasteiger partial charge in [-0.15, -0.1) is 0 Å². The lowest BCUT2D eigenvalue weighted by Gasteiger charge is -2.21. The Morgan fingerprint density at radius 2 is 1.76 bits per heavy atom. The van der Waals surface area contributed by atoms with Crippen LogP contribution >= 0.6 is 0 Å². The number of hydrogen-bond acceptors (Lipinski definition) is 3. The molecule has 1 atom stereocenters. The van der Waals surface area contributed by atoms with Crippen LogP contribution in [0.15, 0.2) is 54.6 Å². The third kappa shape index (κ3) is 5.95. The van der Waals surface area contributed by atoms with Crippen LogP contribution in [0.2, 0.25) is 0 Å². The quantitative estimate of drug-likeness (QED) is 0.784. The lowest BCUT2D eigenvalue weighted by atomic mass is 10.1. The molecular weight excluding hydrogens is 316 g/mol. The van der Waals surface area contributed by atoms with Crippen LogP contribution in [0, 0.1) is 12.8 Å². The number of anilines is 1. The molecule has 2 aromatic rings. The zero-order valence-corrected chi connectivity index (χ0v) is 14.8. The zero-order valence-electron chi connectivity index (χ0n) is 14.8. The first-order chi connectivity index (χ1) is 12.0. The summed E-state index contributed by atoms with van der Waals surface area (Å²) in [6, 6.07) is 15.7.